The summed E-state index contributed by atoms with van der Waals surface area (Å²) in [5.74, 6) is 0. The number of nitrogens with zero attached hydrogens (tertiary/aromatic N) is 1. The Morgan fingerprint density at radius 1 is 1.28 bits per heavy atom. The molecule has 0 aromatic heterocycles. The molecule has 0 amide bonds. The Bertz CT molecular complexity index is 433. The first-order valence-corrected chi connectivity index (χ1v) is 6.91. The average molecular weight is 246 g/mol. The Kier molecular flexibility index (Phi) is 3.27. The van der Waals surface area contributed by atoms with Gasteiger partial charge in [0.15, 0.2) is 0 Å². The van der Waals surface area contributed by atoms with Crippen LogP contribution >= 0.6 is 0 Å². The Balaban J connectivity index is 1.78. The molecule has 1 saturated heterocycles. The van der Waals surface area contributed by atoms with Crippen LogP contribution in [0.3, 0.4) is 0 Å². The van der Waals surface area contributed by atoms with Crippen molar-refractivity contribution < 1.29 is 4.74 Å². The number of piperidine rings is 1. The van der Waals surface area contributed by atoms with Crippen molar-refractivity contribution in [1.82, 2.24) is 5.32 Å². The molecule has 0 spiro atoms. The highest BCUT2D eigenvalue weighted by Crippen LogP contribution is 2.29. The maximum absolute atomic E-state index is 5.49. The molecular weight excluding hydrogens is 224 g/mol. The Labute approximate surface area is 109 Å². The summed E-state index contributed by atoms with van der Waals surface area (Å²) >= 11 is 0. The second kappa shape index (κ2) is 4.90. The van der Waals surface area contributed by atoms with Crippen molar-refractivity contribution in [2.75, 3.05) is 18.5 Å². The molecule has 2 aliphatic rings. The zero-order valence-electron chi connectivity index (χ0n) is 11.3. The zero-order valence-corrected chi connectivity index (χ0v) is 11.3. The van der Waals surface area contributed by atoms with Crippen LogP contribution in [0.25, 0.3) is 0 Å². The number of hydrogen-bond donors (Lipinski definition) is 1. The first-order chi connectivity index (χ1) is 8.78. The van der Waals surface area contributed by atoms with E-state index in [0.717, 1.165) is 19.8 Å². The molecule has 2 atom stereocenters. The molecule has 1 aromatic rings. The van der Waals surface area contributed by atoms with Gasteiger partial charge >= 0.3 is 0 Å². The van der Waals surface area contributed by atoms with Crippen molar-refractivity contribution in [2.45, 2.75) is 45.1 Å². The van der Waals surface area contributed by atoms with E-state index in [2.05, 4.69) is 42.4 Å². The summed E-state index contributed by atoms with van der Waals surface area (Å²) < 4.78 is 5.49. The van der Waals surface area contributed by atoms with Crippen LogP contribution in [0, 0.1) is 0 Å². The van der Waals surface area contributed by atoms with Gasteiger partial charge in [-0.2, -0.15) is 0 Å². The van der Waals surface area contributed by atoms with Crippen molar-refractivity contribution in [3.05, 3.63) is 29.3 Å². The Morgan fingerprint density at radius 3 is 2.89 bits per heavy atom. The van der Waals surface area contributed by atoms with Gasteiger partial charge < -0.3 is 15.0 Å². The molecule has 98 valence electrons. The standard InChI is InChI=1S/C15H22N2O/c1-11-7-14(16-2)5-6-17(11)15-4-3-12-9-18-10-13(12)8-15/h3-4,8,11,14,16H,5-7,9-10H2,1-2H3. The second-order valence-corrected chi connectivity index (χ2v) is 5.50. The molecule has 18 heavy (non-hydrogen) atoms. The predicted molar refractivity (Wildman–Crippen MR) is 73.8 cm³/mol. The quantitative estimate of drug-likeness (QED) is 0.866. The van der Waals surface area contributed by atoms with Gasteiger partial charge in [0, 0.05) is 24.3 Å². The molecule has 3 heteroatoms. The summed E-state index contributed by atoms with van der Waals surface area (Å²) in [7, 11) is 2.07. The summed E-state index contributed by atoms with van der Waals surface area (Å²) in [6.45, 7) is 5.04. The van der Waals surface area contributed by atoms with Gasteiger partial charge in [-0.1, -0.05) is 6.07 Å². The van der Waals surface area contributed by atoms with Crippen molar-refractivity contribution in [2.24, 2.45) is 0 Å². The van der Waals surface area contributed by atoms with E-state index >= 15 is 0 Å². The van der Waals surface area contributed by atoms with E-state index in [9.17, 15) is 0 Å². The van der Waals surface area contributed by atoms with Gasteiger partial charge in [0.05, 0.1) is 13.2 Å². The predicted octanol–water partition coefficient (Wildman–Crippen LogP) is 2.29. The lowest BCUT2D eigenvalue weighted by Crippen LogP contribution is -2.46. The minimum absolute atomic E-state index is 0.608. The number of rotatable bonds is 2. The molecule has 1 fully saturated rings. The smallest absolute Gasteiger partial charge is 0.0725 e. The molecule has 2 heterocycles. The highest BCUT2D eigenvalue weighted by atomic mass is 16.5. The third-order valence-electron chi connectivity index (χ3n) is 4.32. The molecule has 1 aromatic carbocycles. The normalized spacial score (nSPS) is 27.3. The lowest BCUT2D eigenvalue weighted by molar-refractivity contribution is 0.134. The van der Waals surface area contributed by atoms with E-state index < -0.39 is 0 Å². The van der Waals surface area contributed by atoms with E-state index in [4.69, 9.17) is 4.74 Å². The minimum atomic E-state index is 0.608. The average Bonchev–Trinajstić information content (AvgIpc) is 2.85. The molecule has 3 rings (SSSR count). The van der Waals surface area contributed by atoms with Crippen molar-refractivity contribution in [3.8, 4) is 0 Å². The molecule has 2 aliphatic heterocycles. The molecule has 0 bridgehead atoms. The van der Waals surface area contributed by atoms with Crippen LogP contribution in [0.1, 0.15) is 30.9 Å². The van der Waals surface area contributed by atoms with Gasteiger partial charge in [0.1, 0.15) is 0 Å². The van der Waals surface area contributed by atoms with E-state index in [-0.39, 0.29) is 0 Å². The summed E-state index contributed by atoms with van der Waals surface area (Å²) in [6, 6.07) is 8.09. The topological polar surface area (TPSA) is 24.5 Å². The van der Waals surface area contributed by atoms with Crippen LogP contribution in [0.15, 0.2) is 18.2 Å². The number of anilines is 1. The van der Waals surface area contributed by atoms with Gasteiger partial charge in [-0.25, -0.2) is 0 Å². The summed E-state index contributed by atoms with van der Waals surface area (Å²) in [5, 5.41) is 3.40. The monoisotopic (exact) mass is 246 g/mol. The van der Waals surface area contributed by atoms with Crippen molar-refractivity contribution in [3.63, 3.8) is 0 Å². The number of benzene rings is 1. The molecule has 0 aliphatic carbocycles. The summed E-state index contributed by atoms with van der Waals surface area (Å²) in [5.41, 5.74) is 4.09. The molecule has 0 radical (unpaired) electrons. The molecule has 1 N–H and O–H groups in total. The third kappa shape index (κ3) is 2.13. The number of nitrogens with one attached hydrogen (secondary N) is 1. The number of fused-ring (bicyclic) bond motifs is 1. The first-order valence-electron chi connectivity index (χ1n) is 6.91. The highest BCUT2D eigenvalue weighted by molar-refractivity contribution is 5.52. The third-order valence-corrected chi connectivity index (χ3v) is 4.32. The fourth-order valence-electron chi connectivity index (χ4n) is 3.16. The van der Waals surface area contributed by atoms with Crippen LogP contribution < -0.4 is 10.2 Å². The van der Waals surface area contributed by atoms with Gasteiger partial charge in [-0.15, -0.1) is 0 Å². The lowest BCUT2D eigenvalue weighted by atomic mass is 9.97. The van der Waals surface area contributed by atoms with Crippen LogP contribution in [-0.2, 0) is 18.0 Å². The molecular formula is C15H22N2O. The summed E-state index contributed by atoms with van der Waals surface area (Å²) in [6.07, 6.45) is 2.46. The van der Waals surface area contributed by atoms with Crippen molar-refractivity contribution >= 4 is 5.69 Å². The molecule has 2 unspecified atom stereocenters. The fraction of sp³-hybridized carbons (Fsp3) is 0.600. The SMILES string of the molecule is CNC1CCN(c2ccc3c(c2)COC3)C(C)C1. The van der Waals surface area contributed by atoms with Gasteiger partial charge in [-0.3, -0.25) is 0 Å². The molecule has 3 nitrogen and oxygen atoms in total. The maximum atomic E-state index is 5.49. The number of hydrogen-bond acceptors (Lipinski definition) is 3. The minimum Gasteiger partial charge on any atom is -0.372 e. The lowest BCUT2D eigenvalue weighted by Gasteiger charge is -2.39. The zero-order chi connectivity index (χ0) is 12.5. The highest BCUT2D eigenvalue weighted by Gasteiger charge is 2.25. The van der Waals surface area contributed by atoms with E-state index in [0.29, 0.717) is 12.1 Å². The Morgan fingerprint density at radius 2 is 2.11 bits per heavy atom. The van der Waals surface area contributed by atoms with Crippen molar-refractivity contribution in [1.29, 1.82) is 0 Å². The second-order valence-electron chi connectivity index (χ2n) is 5.50. The van der Waals surface area contributed by atoms with E-state index in [1.165, 1.54) is 29.7 Å². The van der Waals surface area contributed by atoms with E-state index in [1.807, 2.05) is 0 Å². The maximum Gasteiger partial charge on any atom is 0.0725 e. The van der Waals surface area contributed by atoms with Gasteiger partial charge in [0.2, 0.25) is 0 Å². The van der Waals surface area contributed by atoms with Crippen LogP contribution in [0.5, 0.6) is 0 Å². The van der Waals surface area contributed by atoms with E-state index in [1.54, 1.807) is 0 Å². The van der Waals surface area contributed by atoms with Gasteiger partial charge in [0.25, 0.3) is 0 Å². The largest absolute Gasteiger partial charge is 0.372 e. The Hall–Kier alpha value is -1.06. The van der Waals surface area contributed by atoms with Crippen LogP contribution in [-0.4, -0.2) is 25.7 Å². The number of ether oxygens (including phenoxy) is 1. The van der Waals surface area contributed by atoms with Crippen LogP contribution in [0.2, 0.25) is 0 Å². The van der Waals surface area contributed by atoms with Crippen LogP contribution in [0.4, 0.5) is 5.69 Å². The molecule has 0 saturated carbocycles. The fourth-order valence-corrected chi connectivity index (χ4v) is 3.16. The summed E-state index contributed by atoms with van der Waals surface area (Å²) in [4.78, 5) is 2.53. The first kappa shape index (κ1) is 12.0. The van der Waals surface area contributed by atoms with Gasteiger partial charge in [-0.05, 0) is 50.1 Å².